The molecule has 0 unspecified atom stereocenters. The molecule has 5 nitrogen and oxygen atoms in total. The van der Waals surface area contributed by atoms with E-state index in [4.69, 9.17) is 14.2 Å². The maximum absolute atomic E-state index is 5.70. The van der Waals surface area contributed by atoms with Crippen LogP contribution in [0.3, 0.4) is 0 Å². The van der Waals surface area contributed by atoms with Gasteiger partial charge in [-0.25, -0.2) is 0 Å². The molecule has 0 bridgehead atoms. The van der Waals surface area contributed by atoms with Gasteiger partial charge in [-0.05, 0) is 74.2 Å². The summed E-state index contributed by atoms with van der Waals surface area (Å²) >= 11 is 2.02. The standard InChI is InChI=1S/C34H48N2O3S/c1-34(2,19-18-30-16-15-29(40-30)13-9-12-27-10-7-6-8-11-27)20-21-35-22-24-36(25-23-35)26-28-14-17-31(37-3)33(39-5)32(28)38-4/h6-8,10-11,14-17H,9,12-13,18-26H2,1-5H3. The number of ether oxygens (including phenoxy) is 3. The first-order valence-corrected chi connectivity index (χ1v) is 15.6. The third-order valence-electron chi connectivity index (χ3n) is 8.25. The van der Waals surface area contributed by atoms with Crippen LogP contribution >= 0.6 is 11.3 Å². The summed E-state index contributed by atoms with van der Waals surface area (Å²) in [5, 5.41) is 0. The number of benzene rings is 2. The second kappa shape index (κ2) is 14.9. The molecule has 0 saturated carbocycles. The summed E-state index contributed by atoms with van der Waals surface area (Å²) in [7, 11) is 5.02. The van der Waals surface area contributed by atoms with Crippen molar-refractivity contribution >= 4 is 11.3 Å². The highest BCUT2D eigenvalue weighted by Gasteiger charge is 2.24. The van der Waals surface area contributed by atoms with Crippen LogP contribution in [0.1, 0.15) is 54.0 Å². The number of methoxy groups -OCH3 is 3. The van der Waals surface area contributed by atoms with Gasteiger partial charge in [0.05, 0.1) is 21.3 Å². The van der Waals surface area contributed by atoms with Gasteiger partial charge in [0.2, 0.25) is 5.75 Å². The monoisotopic (exact) mass is 564 g/mol. The molecule has 0 spiro atoms. The fourth-order valence-corrected chi connectivity index (χ4v) is 6.61. The number of aryl methyl sites for hydroxylation is 3. The molecule has 0 aliphatic carbocycles. The minimum atomic E-state index is 0.349. The summed E-state index contributed by atoms with van der Waals surface area (Å²) < 4.78 is 16.7. The SMILES string of the molecule is COc1ccc(CN2CCN(CCC(C)(C)CCc3ccc(CCCc4ccccc4)s3)CC2)c(OC)c1OC. The molecule has 2 heterocycles. The van der Waals surface area contributed by atoms with Gasteiger partial charge in [-0.1, -0.05) is 50.2 Å². The van der Waals surface area contributed by atoms with E-state index in [1.54, 1.807) is 26.2 Å². The van der Waals surface area contributed by atoms with E-state index >= 15 is 0 Å². The molecule has 40 heavy (non-hydrogen) atoms. The molecule has 218 valence electrons. The number of hydrogen-bond acceptors (Lipinski definition) is 6. The number of rotatable bonds is 15. The van der Waals surface area contributed by atoms with Gasteiger partial charge in [-0.3, -0.25) is 4.90 Å². The quantitative estimate of drug-likeness (QED) is 0.196. The van der Waals surface area contributed by atoms with Gasteiger partial charge in [0.1, 0.15) is 0 Å². The Morgan fingerprint density at radius 3 is 2.05 bits per heavy atom. The van der Waals surface area contributed by atoms with Crippen molar-refractivity contribution in [1.29, 1.82) is 0 Å². The average molecular weight is 565 g/mol. The summed E-state index contributed by atoms with van der Waals surface area (Å²) in [6.07, 6.45) is 7.26. The van der Waals surface area contributed by atoms with Gasteiger partial charge in [0.25, 0.3) is 0 Å². The van der Waals surface area contributed by atoms with Crippen LogP contribution in [-0.2, 0) is 25.8 Å². The van der Waals surface area contributed by atoms with Gasteiger partial charge >= 0.3 is 0 Å². The van der Waals surface area contributed by atoms with Gasteiger partial charge in [0.15, 0.2) is 11.5 Å². The Balaban J connectivity index is 1.16. The molecule has 4 rings (SSSR count). The molecule has 2 aromatic carbocycles. The fraction of sp³-hybridized carbons (Fsp3) is 0.529. The van der Waals surface area contributed by atoms with E-state index in [0.717, 1.165) is 44.0 Å². The number of thiophene rings is 1. The van der Waals surface area contributed by atoms with Gasteiger partial charge in [-0.2, -0.15) is 0 Å². The van der Waals surface area contributed by atoms with Gasteiger partial charge < -0.3 is 19.1 Å². The molecule has 0 N–H and O–H groups in total. The van der Waals surface area contributed by atoms with Crippen LogP contribution in [0.15, 0.2) is 54.6 Å². The van der Waals surface area contributed by atoms with E-state index in [1.165, 1.54) is 55.5 Å². The highest BCUT2D eigenvalue weighted by molar-refractivity contribution is 7.11. The Morgan fingerprint density at radius 1 is 0.700 bits per heavy atom. The van der Waals surface area contributed by atoms with Crippen molar-refractivity contribution in [1.82, 2.24) is 9.80 Å². The van der Waals surface area contributed by atoms with E-state index < -0.39 is 0 Å². The Hall–Kier alpha value is -2.54. The van der Waals surface area contributed by atoms with Crippen LogP contribution in [-0.4, -0.2) is 63.9 Å². The summed E-state index contributed by atoms with van der Waals surface area (Å²) in [5.41, 5.74) is 2.94. The van der Waals surface area contributed by atoms with Crippen molar-refractivity contribution in [2.75, 3.05) is 54.1 Å². The molecule has 1 aliphatic rings. The zero-order chi connectivity index (χ0) is 28.4. The van der Waals surface area contributed by atoms with Crippen LogP contribution in [0.2, 0.25) is 0 Å². The minimum Gasteiger partial charge on any atom is -0.493 e. The van der Waals surface area contributed by atoms with Gasteiger partial charge in [0, 0.05) is 48.0 Å². The summed E-state index contributed by atoms with van der Waals surface area (Å²) in [6, 6.07) is 19.6. The van der Waals surface area contributed by atoms with E-state index in [2.05, 4.69) is 72.2 Å². The van der Waals surface area contributed by atoms with Crippen molar-refractivity contribution < 1.29 is 14.2 Å². The molecule has 1 aliphatic heterocycles. The van der Waals surface area contributed by atoms with Gasteiger partial charge in [-0.15, -0.1) is 11.3 Å². The highest BCUT2D eigenvalue weighted by atomic mass is 32.1. The second-order valence-corrected chi connectivity index (χ2v) is 13.0. The molecule has 6 heteroatoms. The first kappa shape index (κ1) is 30.4. The van der Waals surface area contributed by atoms with Crippen molar-refractivity contribution in [2.45, 2.75) is 58.9 Å². The number of piperazine rings is 1. The Morgan fingerprint density at radius 2 is 1.38 bits per heavy atom. The maximum atomic E-state index is 5.70. The van der Waals surface area contributed by atoms with Crippen LogP contribution < -0.4 is 14.2 Å². The zero-order valence-corrected chi connectivity index (χ0v) is 26.0. The Bertz CT molecular complexity index is 1170. The van der Waals surface area contributed by atoms with Crippen molar-refractivity contribution in [3.8, 4) is 17.2 Å². The Kier molecular flexibility index (Phi) is 11.3. The largest absolute Gasteiger partial charge is 0.493 e. The van der Waals surface area contributed by atoms with Crippen LogP contribution in [0.5, 0.6) is 17.2 Å². The number of hydrogen-bond donors (Lipinski definition) is 0. The lowest BCUT2D eigenvalue weighted by Gasteiger charge is -2.36. The molecule has 0 radical (unpaired) electrons. The van der Waals surface area contributed by atoms with E-state index in [1.807, 2.05) is 17.4 Å². The molecular weight excluding hydrogens is 516 g/mol. The molecule has 1 aromatic heterocycles. The Labute approximate surface area is 246 Å². The summed E-state index contributed by atoms with van der Waals surface area (Å²) in [5.74, 6) is 2.15. The predicted molar refractivity (Wildman–Crippen MR) is 167 cm³/mol. The zero-order valence-electron chi connectivity index (χ0n) is 25.2. The van der Waals surface area contributed by atoms with E-state index in [-0.39, 0.29) is 0 Å². The topological polar surface area (TPSA) is 34.2 Å². The first-order valence-electron chi connectivity index (χ1n) is 14.7. The lowest BCUT2D eigenvalue weighted by atomic mass is 9.84. The second-order valence-electron chi connectivity index (χ2n) is 11.7. The van der Waals surface area contributed by atoms with Crippen LogP contribution in [0.25, 0.3) is 0 Å². The normalized spacial score (nSPS) is 14.8. The molecule has 3 aromatic rings. The fourth-order valence-electron chi connectivity index (χ4n) is 5.55. The highest BCUT2D eigenvalue weighted by Crippen LogP contribution is 2.40. The minimum absolute atomic E-state index is 0.349. The lowest BCUT2D eigenvalue weighted by Crippen LogP contribution is -2.46. The van der Waals surface area contributed by atoms with Crippen molar-refractivity contribution in [3.05, 3.63) is 75.5 Å². The van der Waals surface area contributed by atoms with Crippen LogP contribution in [0, 0.1) is 5.41 Å². The average Bonchev–Trinajstić information content (AvgIpc) is 3.44. The van der Waals surface area contributed by atoms with Crippen LogP contribution in [0.4, 0.5) is 0 Å². The third-order valence-corrected chi connectivity index (χ3v) is 9.45. The predicted octanol–water partition coefficient (Wildman–Crippen LogP) is 7.12. The first-order chi connectivity index (χ1) is 19.4. The molecule has 0 atom stereocenters. The lowest BCUT2D eigenvalue weighted by molar-refractivity contribution is 0.112. The van der Waals surface area contributed by atoms with Crippen molar-refractivity contribution in [2.24, 2.45) is 5.41 Å². The molecule has 1 saturated heterocycles. The molecule has 0 amide bonds. The third kappa shape index (κ3) is 8.73. The molecule has 1 fully saturated rings. The van der Waals surface area contributed by atoms with Crippen molar-refractivity contribution in [3.63, 3.8) is 0 Å². The van der Waals surface area contributed by atoms with E-state index in [9.17, 15) is 0 Å². The summed E-state index contributed by atoms with van der Waals surface area (Å²) in [6.45, 7) is 11.3. The smallest absolute Gasteiger partial charge is 0.203 e. The maximum Gasteiger partial charge on any atom is 0.203 e. The summed E-state index contributed by atoms with van der Waals surface area (Å²) in [4.78, 5) is 8.23. The molecular formula is C34H48N2O3S. The van der Waals surface area contributed by atoms with E-state index in [0.29, 0.717) is 16.9 Å². The number of nitrogens with zero attached hydrogens (tertiary/aromatic N) is 2.